The van der Waals surface area contributed by atoms with Crippen LogP contribution in [0.2, 0.25) is 0 Å². The van der Waals surface area contributed by atoms with Crippen LogP contribution in [0.5, 0.6) is 0 Å². The number of fused-ring (bicyclic) bond motifs is 7. The molecule has 0 saturated carbocycles. The lowest BCUT2D eigenvalue weighted by atomic mass is 9.81. The molecule has 3 heteroatoms. The summed E-state index contributed by atoms with van der Waals surface area (Å²) in [6.45, 7) is 4.78. The highest BCUT2D eigenvalue weighted by Gasteiger charge is 2.38. The molecule has 0 atom stereocenters. The lowest BCUT2D eigenvalue weighted by molar-refractivity contribution is 0.663. The van der Waals surface area contributed by atoms with Gasteiger partial charge in [-0.15, -0.1) is 0 Å². The quantitative estimate of drug-likeness (QED) is 0.154. The molecule has 0 amide bonds. The van der Waals surface area contributed by atoms with Crippen LogP contribution < -0.4 is 4.90 Å². The zero-order chi connectivity index (χ0) is 36.9. The number of rotatable bonds is 7. The van der Waals surface area contributed by atoms with Crippen LogP contribution in [-0.4, -0.2) is 9.55 Å². The molecule has 2 heterocycles. The van der Waals surface area contributed by atoms with Gasteiger partial charge >= 0.3 is 0 Å². The molecule has 0 radical (unpaired) electrons. The zero-order valence-electron chi connectivity index (χ0n) is 30.9. The van der Waals surface area contributed by atoms with Crippen molar-refractivity contribution in [2.24, 2.45) is 0 Å². The molecule has 3 nitrogen and oxygen atoms in total. The molecule has 0 unspecified atom stereocenters. The van der Waals surface area contributed by atoms with Crippen molar-refractivity contribution < 1.29 is 0 Å². The molecular weight excluding hydrogens is 667 g/mol. The fourth-order valence-corrected chi connectivity index (χ4v) is 8.60. The van der Waals surface area contributed by atoms with Gasteiger partial charge in [0.05, 0.1) is 11.0 Å². The Kier molecular flexibility index (Phi) is 7.81. The number of hydrogen-bond donors (Lipinski definition) is 0. The third kappa shape index (κ3) is 5.55. The van der Waals surface area contributed by atoms with E-state index >= 15 is 0 Å². The number of hydrogen-bond acceptors (Lipinski definition) is 2. The summed E-state index contributed by atoms with van der Waals surface area (Å²) in [5, 5.41) is 2.52. The van der Waals surface area contributed by atoms with Gasteiger partial charge in [-0.25, -0.2) is 0 Å². The van der Waals surface area contributed by atoms with Crippen molar-refractivity contribution in [2.45, 2.75) is 19.3 Å². The van der Waals surface area contributed by atoms with E-state index in [1.54, 1.807) is 0 Å². The monoisotopic (exact) mass is 705 g/mol. The molecule has 0 saturated heterocycles. The highest BCUT2D eigenvalue weighted by molar-refractivity contribution is 6.14. The maximum absolute atomic E-state index is 4.40. The molecule has 0 N–H and O–H groups in total. The van der Waals surface area contributed by atoms with Crippen LogP contribution in [0.15, 0.2) is 188 Å². The summed E-state index contributed by atoms with van der Waals surface area (Å²) >= 11 is 0. The van der Waals surface area contributed by atoms with Gasteiger partial charge in [0.15, 0.2) is 0 Å². The van der Waals surface area contributed by atoms with Gasteiger partial charge in [-0.2, -0.15) is 0 Å². The van der Waals surface area contributed by atoms with Gasteiger partial charge in [0.25, 0.3) is 0 Å². The van der Waals surface area contributed by atoms with Crippen LogP contribution in [0.4, 0.5) is 17.1 Å². The molecule has 10 rings (SSSR count). The van der Waals surface area contributed by atoms with E-state index in [-0.39, 0.29) is 5.41 Å². The minimum atomic E-state index is -0.221. The number of pyridine rings is 1. The van der Waals surface area contributed by atoms with Gasteiger partial charge < -0.3 is 9.47 Å². The minimum absolute atomic E-state index is 0.221. The fourth-order valence-electron chi connectivity index (χ4n) is 8.60. The molecule has 0 fully saturated rings. The maximum atomic E-state index is 4.40. The Bertz CT molecular complexity index is 2810. The summed E-state index contributed by atoms with van der Waals surface area (Å²) in [6, 6.07) is 63.4. The SMILES string of the molecule is CC1(C)c2cc(C=Cc3ccc(N(c4ccccc4)c4ccccc4)cc3)ccc2-c2ccc3c4cc(-c5cccnc5)ccc4n(-c4ccccc4)c3c21. The van der Waals surface area contributed by atoms with E-state index in [0.29, 0.717) is 0 Å². The average molecular weight is 706 g/mol. The molecular formula is C52H39N3. The van der Waals surface area contributed by atoms with Gasteiger partial charge in [0.2, 0.25) is 0 Å². The molecule has 2 aromatic heterocycles. The highest BCUT2D eigenvalue weighted by Crippen LogP contribution is 2.53. The number of anilines is 3. The standard InChI is InChI=1S/C52H39N3/c1-52(2)48-33-37(21-20-36-22-26-43(27-23-36)54(40-14-6-3-7-15-40)41-16-8-4-9-17-41)24-28-44(48)45-29-30-46-47-34-38(39-13-12-32-53-35-39)25-31-49(47)55(51(46)50(45)52)42-18-10-5-11-19-42/h3-35H,1-2H3. The van der Waals surface area contributed by atoms with Crippen LogP contribution in [0.1, 0.15) is 36.1 Å². The molecule has 0 bridgehead atoms. The predicted octanol–water partition coefficient (Wildman–Crippen LogP) is 13.8. The van der Waals surface area contributed by atoms with Crippen LogP contribution in [0, 0.1) is 0 Å². The number of para-hydroxylation sites is 3. The van der Waals surface area contributed by atoms with Crippen LogP contribution in [0.25, 0.3) is 61.9 Å². The third-order valence-corrected chi connectivity index (χ3v) is 11.2. The Morgan fingerprint density at radius 1 is 0.527 bits per heavy atom. The highest BCUT2D eigenvalue weighted by atomic mass is 15.1. The lowest BCUT2D eigenvalue weighted by Gasteiger charge is -2.25. The van der Waals surface area contributed by atoms with Crippen LogP contribution in [0.3, 0.4) is 0 Å². The van der Waals surface area contributed by atoms with Crippen LogP contribution >= 0.6 is 0 Å². The van der Waals surface area contributed by atoms with Crippen molar-refractivity contribution in [1.82, 2.24) is 9.55 Å². The second-order valence-electron chi connectivity index (χ2n) is 14.9. The first-order chi connectivity index (χ1) is 27.0. The van der Waals surface area contributed by atoms with Crippen molar-refractivity contribution in [1.29, 1.82) is 0 Å². The fraction of sp³-hybridized carbons (Fsp3) is 0.0577. The van der Waals surface area contributed by atoms with Crippen LogP contribution in [-0.2, 0) is 5.41 Å². The molecule has 55 heavy (non-hydrogen) atoms. The van der Waals surface area contributed by atoms with Gasteiger partial charge in [0, 0.05) is 56.9 Å². The number of aromatic nitrogens is 2. The van der Waals surface area contributed by atoms with Gasteiger partial charge in [-0.05, 0) is 106 Å². The Balaban J connectivity index is 1.03. The Hall–Kier alpha value is -6.97. The van der Waals surface area contributed by atoms with Crippen molar-refractivity contribution in [3.63, 3.8) is 0 Å². The average Bonchev–Trinajstić information content (AvgIpc) is 3.69. The summed E-state index contributed by atoms with van der Waals surface area (Å²) in [7, 11) is 0. The molecule has 0 spiro atoms. The number of benzene rings is 7. The summed E-state index contributed by atoms with van der Waals surface area (Å²) < 4.78 is 2.48. The molecule has 1 aliphatic rings. The Morgan fingerprint density at radius 2 is 1.16 bits per heavy atom. The second-order valence-corrected chi connectivity index (χ2v) is 14.9. The van der Waals surface area contributed by atoms with E-state index in [1.165, 1.54) is 60.9 Å². The van der Waals surface area contributed by atoms with Crippen molar-refractivity contribution in [3.05, 3.63) is 211 Å². The van der Waals surface area contributed by atoms with E-state index in [9.17, 15) is 0 Å². The molecule has 0 aliphatic heterocycles. The van der Waals surface area contributed by atoms with Gasteiger partial charge in [0.1, 0.15) is 0 Å². The Labute approximate surface area is 322 Å². The Morgan fingerprint density at radius 3 is 1.85 bits per heavy atom. The second kappa shape index (κ2) is 13.2. The van der Waals surface area contributed by atoms with Gasteiger partial charge in [-0.1, -0.05) is 135 Å². The summed E-state index contributed by atoms with van der Waals surface area (Å²) in [5.74, 6) is 0. The van der Waals surface area contributed by atoms with E-state index in [2.05, 4.69) is 210 Å². The first kappa shape index (κ1) is 32.7. The molecule has 9 aromatic rings. The van der Waals surface area contributed by atoms with E-state index in [1.807, 2.05) is 18.5 Å². The summed E-state index contributed by atoms with van der Waals surface area (Å²) in [6.07, 6.45) is 8.25. The van der Waals surface area contributed by atoms with Crippen molar-refractivity contribution >= 4 is 51.0 Å². The van der Waals surface area contributed by atoms with Gasteiger partial charge in [-0.3, -0.25) is 4.98 Å². The number of nitrogens with zero attached hydrogens (tertiary/aromatic N) is 3. The van der Waals surface area contributed by atoms with Crippen molar-refractivity contribution in [3.8, 4) is 27.9 Å². The smallest absolute Gasteiger partial charge is 0.0588 e. The predicted molar refractivity (Wildman–Crippen MR) is 232 cm³/mol. The van der Waals surface area contributed by atoms with E-state index in [0.717, 1.165) is 28.2 Å². The molecule has 262 valence electrons. The maximum Gasteiger partial charge on any atom is 0.0588 e. The topological polar surface area (TPSA) is 21.1 Å². The molecule has 1 aliphatic carbocycles. The first-order valence-electron chi connectivity index (χ1n) is 19.0. The normalized spacial score (nSPS) is 13.0. The lowest BCUT2D eigenvalue weighted by Crippen LogP contribution is -2.16. The largest absolute Gasteiger partial charge is 0.311 e. The zero-order valence-corrected chi connectivity index (χ0v) is 30.9. The van der Waals surface area contributed by atoms with E-state index < -0.39 is 0 Å². The molecule has 7 aromatic carbocycles. The summed E-state index contributed by atoms with van der Waals surface area (Å²) in [5.41, 5.74) is 16.8. The van der Waals surface area contributed by atoms with E-state index in [4.69, 9.17) is 0 Å². The minimum Gasteiger partial charge on any atom is -0.311 e. The summed E-state index contributed by atoms with van der Waals surface area (Å²) in [4.78, 5) is 6.69. The first-order valence-corrected chi connectivity index (χ1v) is 19.0. The third-order valence-electron chi connectivity index (χ3n) is 11.2. The van der Waals surface area contributed by atoms with Crippen molar-refractivity contribution in [2.75, 3.05) is 4.90 Å².